The molecule has 2 N–H and O–H groups in total. The number of piperidine rings is 2. The van der Waals surface area contributed by atoms with Crippen molar-refractivity contribution < 1.29 is 82.1 Å². The van der Waals surface area contributed by atoms with Gasteiger partial charge in [0.2, 0.25) is 11.8 Å². The van der Waals surface area contributed by atoms with Crippen LogP contribution in [-0.4, -0.2) is 69.9 Å². The third kappa shape index (κ3) is 10.3. The molecule has 0 aromatic heterocycles. The van der Waals surface area contributed by atoms with E-state index in [0.717, 1.165) is 9.80 Å². The molecule has 300 valence electrons. The molecule has 2 aliphatic rings. The van der Waals surface area contributed by atoms with Crippen LogP contribution >= 0.6 is 11.8 Å². The van der Waals surface area contributed by atoms with Gasteiger partial charge >= 0.3 is 36.6 Å². The lowest BCUT2D eigenvalue weighted by Gasteiger charge is -2.29. The molecular weight excluding hydrogens is 792 g/mol. The lowest BCUT2D eigenvalue weighted by atomic mass is 9.97. The Labute approximate surface area is 307 Å². The third-order valence-electron chi connectivity index (χ3n) is 8.73. The fourth-order valence-electron chi connectivity index (χ4n) is 6.23. The number of benzene rings is 2. The fraction of sp³-hybridized carbons (Fsp3) is 0.412. The maximum Gasteiger partial charge on any atom is 0.418 e. The van der Waals surface area contributed by atoms with E-state index in [0.29, 0.717) is 48.6 Å². The highest BCUT2D eigenvalue weighted by molar-refractivity contribution is 7.99. The van der Waals surface area contributed by atoms with Crippen LogP contribution in [0.25, 0.3) is 12.2 Å². The average Bonchev–Trinajstić information content (AvgIpc) is 3.07. The number of hydrogen-bond acceptors (Lipinski definition) is 5. The Kier molecular flexibility index (Phi) is 12.7. The van der Waals surface area contributed by atoms with Gasteiger partial charge in [-0.15, -0.1) is 0 Å². The number of halogens is 12. The number of carboxylic acid groups (broad SMARTS) is 2. The molecule has 2 unspecified atom stereocenters. The largest absolute Gasteiger partial charge is 0.481 e. The summed E-state index contributed by atoms with van der Waals surface area (Å²) in [6, 6.07) is 1.38. The molecule has 8 nitrogen and oxygen atoms in total. The fourth-order valence-corrected chi connectivity index (χ4v) is 7.38. The standard InChI is InChI=1S/C34H28F12N2O6S/c35-31(36,37)25-17(7-11-23(49)47-13-1-3-19(15-47)29(51)52)5-9-21(27(25)33(41,42)43)55-22-10-6-18(26(32(38,39)40)28(22)34(44,45)46)8-12-24(50)48-14-2-4-20(16-48)30(53)54/h5-12,19-20H,1-4,13-16H2,(H,51,52)(H,53,54)/b11-7+,12-8+. The number of hydrogen-bond donors (Lipinski definition) is 2. The van der Waals surface area contributed by atoms with Crippen LogP contribution < -0.4 is 0 Å². The molecule has 0 radical (unpaired) electrons. The number of nitrogens with zero attached hydrogens (tertiary/aromatic N) is 2. The predicted octanol–water partition coefficient (Wildman–Crippen LogP) is 8.59. The van der Waals surface area contributed by atoms with Crippen molar-refractivity contribution >= 4 is 47.7 Å². The first-order valence-electron chi connectivity index (χ1n) is 16.0. The Morgan fingerprint density at radius 2 is 0.891 bits per heavy atom. The molecule has 2 fully saturated rings. The molecule has 4 rings (SSSR count). The van der Waals surface area contributed by atoms with Crippen molar-refractivity contribution in [3.05, 3.63) is 69.8 Å². The Morgan fingerprint density at radius 1 is 0.564 bits per heavy atom. The second-order valence-corrected chi connectivity index (χ2v) is 13.6. The van der Waals surface area contributed by atoms with Crippen LogP contribution in [0.1, 0.15) is 59.1 Å². The van der Waals surface area contributed by atoms with Crippen molar-refractivity contribution in [2.75, 3.05) is 26.2 Å². The van der Waals surface area contributed by atoms with E-state index in [9.17, 15) is 82.1 Å². The van der Waals surface area contributed by atoms with Crippen molar-refractivity contribution in [1.29, 1.82) is 0 Å². The normalized spacial score (nSPS) is 19.0. The first-order valence-corrected chi connectivity index (χ1v) is 16.8. The van der Waals surface area contributed by atoms with Crippen LogP contribution in [0.5, 0.6) is 0 Å². The van der Waals surface area contributed by atoms with Crippen molar-refractivity contribution in [3.8, 4) is 0 Å². The lowest BCUT2D eigenvalue weighted by molar-refractivity contribution is -0.164. The maximum atomic E-state index is 14.4. The van der Waals surface area contributed by atoms with Crippen molar-refractivity contribution in [3.63, 3.8) is 0 Å². The quantitative estimate of drug-likeness (QED) is 0.203. The van der Waals surface area contributed by atoms with E-state index < -0.39 is 115 Å². The number of carboxylic acids is 2. The van der Waals surface area contributed by atoms with Gasteiger partial charge in [-0.1, -0.05) is 23.9 Å². The molecule has 2 saturated heterocycles. The monoisotopic (exact) mass is 820 g/mol. The van der Waals surface area contributed by atoms with E-state index in [1.165, 1.54) is 0 Å². The topological polar surface area (TPSA) is 115 Å². The van der Waals surface area contributed by atoms with Gasteiger partial charge in [-0.05, 0) is 61.1 Å². The summed E-state index contributed by atoms with van der Waals surface area (Å²) in [7, 11) is 0. The Balaban J connectivity index is 1.81. The average molecular weight is 821 g/mol. The molecule has 0 bridgehead atoms. The van der Waals surface area contributed by atoms with Crippen LogP contribution in [-0.2, 0) is 43.9 Å². The molecule has 2 heterocycles. The minimum atomic E-state index is -5.97. The van der Waals surface area contributed by atoms with Gasteiger partial charge in [0.15, 0.2) is 0 Å². The second-order valence-electron chi connectivity index (χ2n) is 12.5. The van der Waals surface area contributed by atoms with E-state index >= 15 is 0 Å². The van der Waals surface area contributed by atoms with E-state index in [1.54, 1.807) is 0 Å². The third-order valence-corrected chi connectivity index (χ3v) is 9.85. The number of amides is 2. The van der Waals surface area contributed by atoms with Crippen LogP contribution in [0.15, 0.2) is 46.2 Å². The summed E-state index contributed by atoms with van der Waals surface area (Å²) in [5, 5.41) is 18.4. The minimum absolute atomic E-state index is 0.0134. The molecular formula is C34H28F12N2O6S. The number of carbonyl (C=O) groups excluding carboxylic acids is 2. The minimum Gasteiger partial charge on any atom is -0.481 e. The number of alkyl halides is 12. The summed E-state index contributed by atoms with van der Waals surface area (Å²) in [6.07, 6.45) is -21.3. The molecule has 2 aromatic rings. The van der Waals surface area contributed by atoms with Gasteiger partial charge in [0.25, 0.3) is 0 Å². The van der Waals surface area contributed by atoms with Crippen molar-refractivity contribution in [1.82, 2.24) is 9.80 Å². The van der Waals surface area contributed by atoms with Gasteiger partial charge in [0.1, 0.15) is 0 Å². The Bertz CT molecular complexity index is 1750. The van der Waals surface area contributed by atoms with Gasteiger partial charge in [0, 0.05) is 48.1 Å². The van der Waals surface area contributed by atoms with E-state index in [1.807, 2.05) is 0 Å². The first kappa shape index (κ1) is 43.0. The smallest absolute Gasteiger partial charge is 0.418 e. The number of carbonyl (C=O) groups is 4. The van der Waals surface area contributed by atoms with Crippen LogP contribution in [0.3, 0.4) is 0 Å². The maximum absolute atomic E-state index is 14.4. The highest BCUT2D eigenvalue weighted by atomic mass is 32.2. The molecule has 0 aliphatic carbocycles. The van der Waals surface area contributed by atoms with E-state index in [4.69, 9.17) is 0 Å². The molecule has 2 aromatic carbocycles. The second kappa shape index (κ2) is 16.2. The number of aliphatic carboxylic acids is 2. The molecule has 0 spiro atoms. The van der Waals surface area contributed by atoms with Crippen LogP contribution in [0.2, 0.25) is 0 Å². The first-order chi connectivity index (χ1) is 25.3. The molecule has 2 atom stereocenters. The molecule has 55 heavy (non-hydrogen) atoms. The zero-order valence-electron chi connectivity index (χ0n) is 27.8. The number of rotatable bonds is 8. The molecule has 2 amide bonds. The van der Waals surface area contributed by atoms with E-state index in [2.05, 4.69) is 0 Å². The van der Waals surface area contributed by atoms with Gasteiger partial charge in [-0.2, -0.15) is 52.7 Å². The Hall–Kier alpha value is -4.69. The predicted molar refractivity (Wildman–Crippen MR) is 169 cm³/mol. The summed E-state index contributed by atoms with van der Waals surface area (Å²) >= 11 is -0.677. The van der Waals surface area contributed by atoms with Crippen LogP contribution in [0.4, 0.5) is 52.7 Å². The zero-order valence-corrected chi connectivity index (χ0v) is 28.6. The number of likely N-dealkylation sites (tertiary alicyclic amines) is 2. The van der Waals surface area contributed by atoms with Crippen LogP contribution in [0, 0.1) is 11.8 Å². The molecule has 0 saturated carbocycles. The summed E-state index contributed by atoms with van der Waals surface area (Å²) in [5.41, 5.74) is -12.6. The molecule has 21 heteroatoms. The summed E-state index contributed by atoms with van der Waals surface area (Å²) < 4.78 is 173. The summed E-state index contributed by atoms with van der Waals surface area (Å²) in [4.78, 5) is 46.7. The SMILES string of the molecule is O=C(O)C1CCCN(C(=O)/C=C/c2ccc(Sc3ccc(/C=C/C(=O)N4CCCC(C(=O)O)C4)c(C(F)(F)F)c3C(F)(F)F)c(C(F)(F)F)c2C(F)(F)F)C1. The van der Waals surface area contributed by atoms with Gasteiger partial charge < -0.3 is 20.0 Å². The Morgan fingerprint density at radius 3 is 1.18 bits per heavy atom. The molecule has 2 aliphatic heterocycles. The lowest BCUT2D eigenvalue weighted by Crippen LogP contribution is -2.41. The summed E-state index contributed by atoms with van der Waals surface area (Å²) in [6.45, 7) is -0.709. The summed E-state index contributed by atoms with van der Waals surface area (Å²) in [5.74, 6) is -6.62. The van der Waals surface area contributed by atoms with Crippen molar-refractivity contribution in [2.45, 2.75) is 60.2 Å². The highest BCUT2D eigenvalue weighted by Gasteiger charge is 2.49. The van der Waals surface area contributed by atoms with Crippen molar-refractivity contribution in [2.24, 2.45) is 11.8 Å². The van der Waals surface area contributed by atoms with E-state index in [-0.39, 0.29) is 51.9 Å². The highest BCUT2D eigenvalue weighted by Crippen LogP contribution is 2.52. The zero-order chi connectivity index (χ0) is 41.3. The van der Waals surface area contributed by atoms with Gasteiger partial charge in [-0.25, -0.2) is 0 Å². The van der Waals surface area contributed by atoms with Gasteiger partial charge in [0.05, 0.1) is 34.1 Å². The van der Waals surface area contributed by atoms with Gasteiger partial charge in [-0.3, -0.25) is 19.2 Å².